The summed E-state index contributed by atoms with van der Waals surface area (Å²) in [5, 5.41) is 74.8. The van der Waals surface area contributed by atoms with Crippen LogP contribution in [0.15, 0.2) is 11.6 Å². The van der Waals surface area contributed by atoms with E-state index in [1.54, 1.807) is 0 Å². The maximum Gasteiger partial charge on any atom is 0.310 e. The number of carboxylic acids is 1. The summed E-state index contributed by atoms with van der Waals surface area (Å²) < 4.78 is 24.2. The Kier molecular flexibility index (Phi) is 10.2. The lowest BCUT2D eigenvalue weighted by molar-refractivity contribution is -0.365. The maximum absolute atomic E-state index is 14.8. The van der Waals surface area contributed by atoms with Crippen molar-refractivity contribution in [2.45, 2.75) is 168 Å². The molecule has 6 fully saturated rings. The first kappa shape index (κ1) is 40.7. The fourth-order valence-electron chi connectivity index (χ4n) is 13.2. The number of fused-ring (bicyclic) bond motifs is 7. The predicted octanol–water partition coefficient (Wildman–Crippen LogP) is 2.70. The van der Waals surface area contributed by atoms with Gasteiger partial charge in [-0.1, -0.05) is 47.1 Å². The fourth-order valence-corrected chi connectivity index (χ4v) is 13.2. The van der Waals surface area contributed by atoms with Gasteiger partial charge in [-0.2, -0.15) is 0 Å². The Morgan fingerprint density at radius 1 is 0.852 bits per heavy atom. The maximum atomic E-state index is 14.8. The van der Waals surface area contributed by atoms with Gasteiger partial charge < -0.3 is 54.7 Å². The van der Waals surface area contributed by atoms with Gasteiger partial charge >= 0.3 is 5.97 Å². The monoisotopic (exact) mass is 764 g/mol. The zero-order valence-corrected chi connectivity index (χ0v) is 32.9. The number of aliphatic carboxylic acids is 1. The van der Waals surface area contributed by atoms with E-state index in [1.807, 2.05) is 13.0 Å². The summed E-state index contributed by atoms with van der Waals surface area (Å²) in [4.78, 5) is 27.9. The second-order valence-electron chi connectivity index (χ2n) is 20.0. The summed E-state index contributed by atoms with van der Waals surface area (Å²) in [7, 11) is 0. The van der Waals surface area contributed by atoms with Crippen LogP contribution in [-0.2, 0) is 28.5 Å². The second kappa shape index (κ2) is 13.5. The molecule has 0 bridgehead atoms. The summed E-state index contributed by atoms with van der Waals surface area (Å²) in [6.07, 6.45) is -5.18. The van der Waals surface area contributed by atoms with Crippen LogP contribution < -0.4 is 0 Å². The largest absolute Gasteiger partial charge is 0.481 e. The molecule has 54 heavy (non-hydrogen) atoms. The zero-order valence-electron chi connectivity index (χ0n) is 32.9. The third kappa shape index (κ3) is 5.76. The number of rotatable bonds is 6. The molecule has 7 N–H and O–H groups in total. The van der Waals surface area contributed by atoms with Crippen LogP contribution >= 0.6 is 0 Å². The Hall–Kier alpha value is -1.52. The SMILES string of the molecule is C[C@H]1O[C@@H](O[C@H]2[C@H](O[C@H]3CC[C@@]4(C)[C@@H](CC[C@]5(C)[C@@H]4C(=O)C=C4[C@@H]6CC(C)(C)CC[C@]6(C(=O)O)CC[C@]45C)[C@]3(C)CO)OC[C@H](O)[C@@H]2O)[C@H](O)[C@H](O)[C@H]1O. The van der Waals surface area contributed by atoms with Crippen molar-refractivity contribution in [3.8, 4) is 0 Å². The van der Waals surface area contributed by atoms with Gasteiger partial charge in [0.05, 0.1) is 30.8 Å². The molecule has 0 spiro atoms. The molecule has 0 unspecified atom stereocenters. The first-order valence-corrected chi connectivity index (χ1v) is 20.2. The summed E-state index contributed by atoms with van der Waals surface area (Å²) in [6, 6.07) is 0. The minimum Gasteiger partial charge on any atom is -0.481 e. The van der Waals surface area contributed by atoms with Crippen molar-refractivity contribution in [3.63, 3.8) is 0 Å². The molecule has 7 rings (SSSR count). The van der Waals surface area contributed by atoms with Gasteiger partial charge in [0.2, 0.25) is 0 Å². The number of ketones is 1. The first-order chi connectivity index (χ1) is 25.1. The van der Waals surface area contributed by atoms with Crippen LogP contribution in [0, 0.1) is 50.2 Å². The highest BCUT2D eigenvalue weighted by Gasteiger charge is 2.72. The molecule has 2 heterocycles. The molecule has 5 aliphatic carbocycles. The first-order valence-electron chi connectivity index (χ1n) is 20.2. The van der Waals surface area contributed by atoms with Gasteiger partial charge in [-0.3, -0.25) is 9.59 Å². The number of hydrogen-bond donors (Lipinski definition) is 7. The molecule has 7 aliphatic rings. The van der Waals surface area contributed by atoms with Crippen LogP contribution in [0.3, 0.4) is 0 Å². The molecule has 18 atom stereocenters. The van der Waals surface area contributed by atoms with Crippen molar-refractivity contribution in [1.82, 2.24) is 0 Å². The van der Waals surface area contributed by atoms with Gasteiger partial charge in [0.15, 0.2) is 18.4 Å². The number of aliphatic hydroxyl groups excluding tert-OH is 6. The molecule has 13 heteroatoms. The molecule has 0 aromatic heterocycles. The predicted molar refractivity (Wildman–Crippen MR) is 192 cm³/mol. The number of aliphatic hydroxyl groups is 6. The van der Waals surface area contributed by atoms with E-state index in [2.05, 4.69) is 34.6 Å². The van der Waals surface area contributed by atoms with Gasteiger partial charge in [0, 0.05) is 11.3 Å². The van der Waals surface area contributed by atoms with Crippen molar-refractivity contribution >= 4 is 11.8 Å². The van der Waals surface area contributed by atoms with E-state index in [1.165, 1.54) is 6.92 Å². The molecule has 0 aromatic carbocycles. The molecule has 13 nitrogen and oxygen atoms in total. The molecule has 0 amide bonds. The van der Waals surface area contributed by atoms with Gasteiger partial charge in [-0.05, 0) is 104 Å². The summed E-state index contributed by atoms with van der Waals surface area (Å²) in [5.41, 5.74) is -2.04. The third-order valence-electron chi connectivity index (χ3n) is 16.7. The number of hydrogen-bond acceptors (Lipinski definition) is 12. The summed E-state index contributed by atoms with van der Waals surface area (Å²) >= 11 is 0. The molecule has 2 saturated heterocycles. The number of carboxylic acid groups (broad SMARTS) is 1. The topological polar surface area (TPSA) is 213 Å². The van der Waals surface area contributed by atoms with Gasteiger partial charge in [0.25, 0.3) is 0 Å². The standard InChI is InChI=1S/C41H64O13/c1-20-27(45)29(47)30(48)33(52-20)54-31-28(46)24(44)18-51-34(31)53-26-9-10-37(4)25(38(26,5)19-42)8-11-40(7)32(37)23(43)16-21-22-17-36(2,3)12-14-41(22,35(49)50)15-13-39(21,40)6/h16,20,22,24-34,42,44-48H,8-15,17-19H2,1-7H3,(H,49,50)/t20-,22+,24+,25-,26+,27+,28+,29-,30-,31-,32-,33+,34+,37+,38+,39-,40-,41+/m1/s1. The Morgan fingerprint density at radius 3 is 2.20 bits per heavy atom. The lowest BCUT2D eigenvalue weighted by atomic mass is 9.33. The average molecular weight is 765 g/mol. The lowest BCUT2D eigenvalue weighted by Gasteiger charge is -2.70. The Balaban J connectivity index is 1.17. The van der Waals surface area contributed by atoms with Gasteiger partial charge in [-0.25, -0.2) is 0 Å². The number of allylic oxidation sites excluding steroid dienone is 2. The van der Waals surface area contributed by atoms with Gasteiger partial charge in [-0.15, -0.1) is 0 Å². The fraction of sp³-hybridized carbons (Fsp3) is 0.902. The van der Waals surface area contributed by atoms with E-state index in [0.29, 0.717) is 38.5 Å². The van der Waals surface area contributed by atoms with Crippen molar-refractivity contribution in [2.24, 2.45) is 50.2 Å². The molecular formula is C41H64O13. The molecule has 0 radical (unpaired) electrons. The molecule has 0 aromatic rings. The minimum absolute atomic E-state index is 0.0277. The van der Waals surface area contributed by atoms with Crippen LogP contribution in [0.5, 0.6) is 0 Å². The lowest BCUT2D eigenvalue weighted by Crippen LogP contribution is -2.68. The van der Waals surface area contributed by atoms with E-state index < -0.39 is 89.0 Å². The van der Waals surface area contributed by atoms with Crippen LogP contribution in [0.4, 0.5) is 0 Å². The number of ether oxygens (including phenoxy) is 4. The summed E-state index contributed by atoms with van der Waals surface area (Å²) in [6.45, 7) is 14.1. The Morgan fingerprint density at radius 2 is 1.54 bits per heavy atom. The number of carbonyl (C=O) groups excluding carboxylic acids is 1. The zero-order chi connectivity index (χ0) is 39.6. The normalized spacial score (nSPS) is 54.4. The molecular weight excluding hydrogens is 700 g/mol. The highest BCUT2D eigenvalue weighted by Crippen LogP contribution is 2.75. The minimum atomic E-state index is -1.66. The quantitative estimate of drug-likeness (QED) is 0.194. The average Bonchev–Trinajstić information content (AvgIpc) is 3.10. The molecule has 306 valence electrons. The van der Waals surface area contributed by atoms with Crippen molar-refractivity contribution in [3.05, 3.63) is 11.6 Å². The number of carbonyl (C=O) groups is 2. The van der Waals surface area contributed by atoms with Crippen molar-refractivity contribution in [2.75, 3.05) is 13.2 Å². The van der Waals surface area contributed by atoms with E-state index >= 15 is 0 Å². The molecule has 2 aliphatic heterocycles. The van der Waals surface area contributed by atoms with E-state index in [4.69, 9.17) is 18.9 Å². The van der Waals surface area contributed by atoms with E-state index in [-0.39, 0.29) is 47.6 Å². The Bertz CT molecular complexity index is 1520. The van der Waals surface area contributed by atoms with E-state index in [9.17, 15) is 45.3 Å². The van der Waals surface area contributed by atoms with Crippen LogP contribution in [-0.4, -0.2) is 122 Å². The highest BCUT2D eigenvalue weighted by molar-refractivity contribution is 5.96. The second-order valence-corrected chi connectivity index (χ2v) is 20.0. The van der Waals surface area contributed by atoms with Crippen LogP contribution in [0.25, 0.3) is 0 Å². The van der Waals surface area contributed by atoms with Gasteiger partial charge in [0.1, 0.15) is 36.6 Å². The third-order valence-corrected chi connectivity index (χ3v) is 16.7. The smallest absolute Gasteiger partial charge is 0.310 e. The van der Waals surface area contributed by atoms with Crippen molar-refractivity contribution < 1.29 is 64.3 Å². The molecule has 4 saturated carbocycles. The highest BCUT2D eigenvalue weighted by atomic mass is 16.8. The summed E-state index contributed by atoms with van der Waals surface area (Å²) in [5.74, 6) is -1.40. The van der Waals surface area contributed by atoms with Crippen LogP contribution in [0.2, 0.25) is 0 Å². The van der Waals surface area contributed by atoms with E-state index in [0.717, 1.165) is 24.8 Å². The van der Waals surface area contributed by atoms with Crippen molar-refractivity contribution in [1.29, 1.82) is 0 Å². The van der Waals surface area contributed by atoms with Crippen LogP contribution in [0.1, 0.15) is 106 Å². The Labute approximate surface area is 318 Å².